The molecule has 3 rings (SSSR count). The minimum atomic E-state index is -0.313. The average molecular weight is 403 g/mol. The van der Waals surface area contributed by atoms with Gasteiger partial charge in [-0.2, -0.15) is 0 Å². The number of phenols is 1. The monoisotopic (exact) mass is 402 g/mol. The summed E-state index contributed by atoms with van der Waals surface area (Å²) in [6.07, 6.45) is 3.23. The van der Waals surface area contributed by atoms with Gasteiger partial charge in [0.25, 0.3) is 5.91 Å². The van der Waals surface area contributed by atoms with Crippen molar-refractivity contribution in [2.75, 3.05) is 13.2 Å². The Kier molecular flexibility index (Phi) is 6.31. The highest BCUT2D eigenvalue weighted by Gasteiger charge is 2.29. The number of ether oxygens (including phenoxy) is 1. The van der Waals surface area contributed by atoms with Crippen molar-refractivity contribution in [1.82, 2.24) is 10.3 Å². The zero-order valence-corrected chi connectivity index (χ0v) is 16.5. The molecule has 1 aliphatic heterocycles. The number of carbonyl (C=O) groups excluding carboxylic acids is 2. The van der Waals surface area contributed by atoms with Gasteiger partial charge in [-0.15, -0.1) is 0 Å². The van der Waals surface area contributed by atoms with Crippen molar-refractivity contribution in [1.29, 1.82) is 0 Å². The Bertz CT molecular complexity index is 878. The second-order valence-electron chi connectivity index (χ2n) is 7.34. The van der Waals surface area contributed by atoms with Crippen LogP contribution in [0.15, 0.2) is 36.5 Å². The normalized spacial score (nSPS) is 15.8. The maximum atomic E-state index is 12.6. The third-order valence-electron chi connectivity index (χ3n) is 4.90. The van der Waals surface area contributed by atoms with Crippen molar-refractivity contribution in [3.63, 3.8) is 0 Å². The van der Waals surface area contributed by atoms with Crippen LogP contribution in [0.3, 0.4) is 0 Å². The highest BCUT2D eigenvalue weighted by molar-refractivity contribution is 6.30. The molecule has 2 aromatic rings. The Hall–Kier alpha value is -2.44. The molecule has 1 aromatic carbocycles. The van der Waals surface area contributed by atoms with Crippen LogP contribution in [-0.2, 0) is 22.4 Å². The second kappa shape index (κ2) is 8.71. The Morgan fingerprint density at radius 1 is 1.21 bits per heavy atom. The molecule has 0 saturated carbocycles. The summed E-state index contributed by atoms with van der Waals surface area (Å²) in [7, 11) is 0. The largest absolute Gasteiger partial charge is 0.508 e. The fourth-order valence-electron chi connectivity index (χ4n) is 3.19. The zero-order chi connectivity index (χ0) is 20.1. The third-order valence-corrected chi connectivity index (χ3v) is 5.13. The standard InChI is InChI=1S/C21H23ClN2O4/c1-21(5-8-28-9-6-21)24-20(27)18-11-14(4-7-23-18)10-17(25)13-15-12-16(22)2-3-19(15)26/h2-4,7,11-12,26H,5-6,8-10,13H2,1H3,(H,24,27). The topological polar surface area (TPSA) is 88.5 Å². The lowest BCUT2D eigenvalue weighted by Crippen LogP contribution is -2.49. The number of aromatic nitrogens is 1. The molecule has 28 heavy (non-hydrogen) atoms. The fourth-order valence-corrected chi connectivity index (χ4v) is 3.39. The number of amides is 1. The zero-order valence-electron chi connectivity index (χ0n) is 15.7. The minimum Gasteiger partial charge on any atom is -0.508 e. The molecule has 2 heterocycles. The van der Waals surface area contributed by atoms with Crippen molar-refractivity contribution in [2.45, 2.75) is 38.1 Å². The Labute approximate surface area is 168 Å². The number of hydrogen-bond donors (Lipinski definition) is 2. The number of nitrogens with one attached hydrogen (secondary N) is 1. The predicted molar refractivity (Wildman–Crippen MR) is 106 cm³/mol. The van der Waals surface area contributed by atoms with Crippen LogP contribution in [0.2, 0.25) is 5.02 Å². The maximum Gasteiger partial charge on any atom is 0.270 e. The first-order valence-corrected chi connectivity index (χ1v) is 9.57. The van der Waals surface area contributed by atoms with E-state index in [-0.39, 0.29) is 41.5 Å². The second-order valence-corrected chi connectivity index (χ2v) is 7.78. The molecule has 6 nitrogen and oxygen atoms in total. The summed E-state index contributed by atoms with van der Waals surface area (Å²) >= 11 is 5.92. The SMILES string of the molecule is CC1(NC(=O)c2cc(CC(=O)Cc3cc(Cl)ccc3O)ccn2)CCOCC1. The van der Waals surface area contributed by atoms with Crippen LogP contribution in [0.25, 0.3) is 0 Å². The van der Waals surface area contributed by atoms with Gasteiger partial charge < -0.3 is 15.2 Å². The van der Waals surface area contributed by atoms with Gasteiger partial charge in [0.2, 0.25) is 0 Å². The number of ketones is 1. The van der Waals surface area contributed by atoms with Gasteiger partial charge in [0.05, 0.1) is 0 Å². The number of rotatable bonds is 6. The average Bonchev–Trinajstić information content (AvgIpc) is 2.65. The number of carbonyl (C=O) groups is 2. The van der Waals surface area contributed by atoms with Gasteiger partial charge in [-0.05, 0) is 55.7 Å². The first-order chi connectivity index (χ1) is 13.3. The summed E-state index contributed by atoms with van der Waals surface area (Å²) in [6, 6.07) is 7.96. The summed E-state index contributed by atoms with van der Waals surface area (Å²) < 4.78 is 5.35. The summed E-state index contributed by atoms with van der Waals surface area (Å²) in [5.74, 6) is -0.310. The van der Waals surface area contributed by atoms with Crippen LogP contribution in [0.4, 0.5) is 0 Å². The van der Waals surface area contributed by atoms with E-state index in [1.165, 1.54) is 12.3 Å². The molecular weight excluding hydrogens is 380 g/mol. The molecule has 0 radical (unpaired) electrons. The molecular formula is C21H23ClN2O4. The molecule has 1 saturated heterocycles. The summed E-state index contributed by atoms with van der Waals surface area (Å²) in [6.45, 7) is 3.24. The third kappa shape index (κ3) is 5.30. The molecule has 0 spiro atoms. The number of pyridine rings is 1. The van der Waals surface area contributed by atoms with Gasteiger partial charge in [-0.3, -0.25) is 14.6 Å². The van der Waals surface area contributed by atoms with E-state index in [2.05, 4.69) is 10.3 Å². The van der Waals surface area contributed by atoms with E-state index in [9.17, 15) is 14.7 Å². The predicted octanol–water partition coefficient (Wildman–Crippen LogP) is 3.09. The number of Topliss-reactive ketones (excluding diaryl/α,β-unsaturated/α-hetero) is 1. The van der Waals surface area contributed by atoms with Gasteiger partial charge in [0, 0.05) is 48.4 Å². The molecule has 0 bridgehead atoms. The highest BCUT2D eigenvalue weighted by atomic mass is 35.5. The quantitative estimate of drug-likeness (QED) is 0.775. The number of phenolic OH excluding ortho intramolecular Hbond substituents is 1. The lowest BCUT2D eigenvalue weighted by atomic mass is 9.92. The van der Waals surface area contributed by atoms with Crippen LogP contribution in [-0.4, -0.2) is 40.5 Å². The van der Waals surface area contributed by atoms with E-state index in [0.29, 0.717) is 29.4 Å². The molecule has 1 aliphatic rings. The fraction of sp³-hybridized carbons (Fsp3) is 0.381. The lowest BCUT2D eigenvalue weighted by molar-refractivity contribution is -0.117. The van der Waals surface area contributed by atoms with E-state index in [0.717, 1.165) is 12.8 Å². The Morgan fingerprint density at radius 3 is 2.71 bits per heavy atom. The van der Waals surface area contributed by atoms with Gasteiger partial charge in [0.15, 0.2) is 0 Å². The summed E-state index contributed by atoms with van der Waals surface area (Å²) in [5.41, 5.74) is 1.15. The summed E-state index contributed by atoms with van der Waals surface area (Å²) in [4.78, 5) is 29.1. The highest BCUT2D eigenvalue weighted by Crippen LogP contribution is 2.23. The van der Waals surface area contributed by atoms with E-state index >= 15 is 0 Å². The number of halogens is 1. The Balaban J connectivity index is 1.64. The first-order valence-electron chi connectivity index (χ1n) is 9.19. The molecule has 7 heteroatoms. The van der Waals surface area contributed by atoms with Gasteiger partial charge in [-0.1, -0.05) is 11.6 Å². The maximum absolute atomic E-state index is 12.6. The Morgan fingerprint density at radius 2 is 1.96 bits per heavy atom. The van der Waals surface area contributed by atoms with Crippen LogP contribution in [0, 0.1) is 0 Å². The van der Waals surface area contributed by atoms with E-state index in [1.54, 1.807) is 24.3 Å². The van der Waals surface area contributed by atoms with Gasteiger partial charge in [0.1, 0.15) is 17.2 Å². The molecule has 0 atom stereocenters. The molecule has 0 unspecified atom stereocenters. The minimum absolute atomic E-state index is 0.0391. The van der Waals surface area contributed by atoms with Crippen molar-refractivity contribution in [3.05, 3.63) is 58.4 Å². The van der Waals surface area contributed by atoms with Crippen LogP contribution < -0.4 is 5.32 Å². The van der Waals surface area contributed by atoms with Gasteiger partial charge in [-0.25, -0.2) is 0 Å². The first kappa shape index (κ1) is 20.3. The number of aromatic hydroxyl groups is 1. The lowest BCUT2D eigenvalue weighted by Gasteiger charge is -2.34. The molecule has 0 aliphatic carbocycles. The van der Waals surface area contributed by atoms with E-state index < -0.39 is 0 Å². The van der Waals surface area contributed by atoms with Crippen molar-refractivity contribution in [3.8, 4) is 5.75 Å². The van der Waals surface area contributed by atoms with Crippen molar-refractivity contribution >= 4 is 23.3 Å². The van der Waals surface area contributed by atoms with Crippen molar-refractivity contribution < 1.29 is 19.4 Å². The van der Waals surface area contributed by atoms with Gasteiger partial charge >= 0.3 is 0 Å². The number of hydrogen-bond acceptors (Lipinski definition) is 5. The van der Waals surface area contributed by atoms with Crippen LogP contribution in [0.1, 0.15) is 41.4 Å². The van der Waals surface area contributed by atoms with Crippen LogP contribution in [0.5, 0.6) is 5.75 Å². The molecule has 1 aromatic heterocycles. The van der Waals surface area contributed by atoms with Crippen LogP contribution >= 0.6 is 11.6 Å². The van der Waals surface area contributed by atoms with Crippen molar-refractivity contribution in [2.24, 2.45) is 0 Å². The van der Waals surface area contributed by atoms with E-state index in [1.807, 2.05) is 6.92 Å². The molecule has 2 N–H and O–H groups in total. The number of nitrogens with zero attached hydrogens (tertiary/aromatic N) is 1. The van der Waals surface area contributed by atoms with E-state index in [4.69, 9.17) is 16.3 Å². The molecule has 148 valence electrons. The number of benzene rings is 1. The molecule has 1 amide bonds. The smallest absolute Gasteiger partial charge is 0.270 e. The summed E-state index contributed by atoms with van der Waals surface area (Å²) in [5, 5.41) is 13.4. The molecule has 1 fully saturated rings.